The second kappa shape index (κ2) is 5.50. The van der Waals surface area contributed by atoms with Crippen LogP contribution in [0.2, 0.25) is 0 Å². The van der Waals surface area contributed by atoms with Gasteiger partial charge in [-0.05, 0) is 30.3 Å². The number of aryl methyl sites for hydroxylation is 1. The Balaban J connectivity index is 1.99. The molecule has 0 saturated carbocycles. The highest BCUT2D eigenvalue weighted by Gasteiger charge is 2.09. The standard InChI is InChI=1S/C14H15NO4S/c1-15-8-7-11(9-15)14(16)10-19-12-3-5-13(6-4-12)20(2,17)18/h3-9H,10H2,1-2H3. The summed E-state index contributed by atoms with van der Waals surface area (Å²) in [5.74, 6) is 0.333. The minimum atomic E-state index is -3.22. The van der Waals surface area contributed by atoms with Gasteiger partial charge in [0, 0.05) is 31.3 Å². The summed E-state index contributed by atoms with van der Waals surface area (Å²) >= 11 is 0. The van der Waals surface area contributed by atoms with Gasteiger partial charge in [-0.3, -0.25) is 4.79 Å². The number of hydrogen-bond acceptors (Lipinski definition) is 4. The summed E-state index contributed by atoms with van der Waals surface area (Å²) in [6.07, 6.45) is 4.65. The Kier molecular flexibility index (Phi) is 3.94. The molecule has 0 saturated heterocycles. The summed E-state index contributed by atoms with van der Waals surface area (Å²) in [6.45, 7) is -0.0811. The zero-order valence-corrected chi connectivity index (χ0v) is 12.1. The molecule has 6 heteroatoms. The summed E-state index contributed by atoms with van der Waals surface area (Å²) in [5.41, 5.74) is 0.584. The molecule has 20 heavy (non-hydrogen) atoms. The molecule has 0 atom stereocenters. The lowest BCUT2D eigenvalue weighted by Crippen LogP contribution is -2.11. The van der Waals surface area contributed by atoms with Crippen molar-refractivity contribution < 1.29 is 17.9 Å². The molecule has 0 amide bonds. The van der Waals surface area contributed by atoms with Crippen molar-refractivity contribution in [3.05, 3.63) is 48.3 Å². The molecule has 0 N–H and O–H groups in total. The highest BCUT2D eigenvalue weighted by atomic mass is 32.2. The van der Waals surface area contributed by atoms with Gasteiger partial charge in [-0.1, -0.05) is 0 Å². The third-order valence-electron chi connectivity index (χ3n) is 2.78. The second-order valence-corrected chi connectivity index (χ2v) is 6.54. The van der Waals surface area contributed by atoms with Crippen LogP contribution in [0.25, 0.3) is 0 Å². The van der Waals surface area contributed by atoms with Crippen LogP contribution in [-0.2, 0) is 16.9 Å². The number of carbonyl (C=O) groups is 1. The monoisotopic (exact) mass is 293 g/mol. The normalized spacial score (nSPS) is 11.3. The van der Waals surface area contributed by atoms with Crippen molar-refractivity contribution in [2.45, 2.75) is 4.90 Å². The topological polar surface area (TPSA) is 65.4 Å². The third kappa shape index (κ3) is 3.48. The lowest BCUT2D eigenvalue weighted by Gasteiger charge is -2.05. The Morgan fingerprint density at radius 3 is 2.35 bits per heavy atom. The number of hydrogen-bond donors (Lipinski definition) is 0. The van der Waals surface area contributed by atoms with Gasteiger partial charge >= 0.3 is 0 Å². The molecule has 1 aromatic heterocycles. The number of sulfone groups is 1. The van der Waals surface area contributed by atoms with E-state index in [2.05, 4.69) is 0 Å². The molecule has 5 nitrogen and oxygen atoms in total. The lowest BCUT2D eigenvalue weighted by atomic mass is 10.2. The molecule has 0 fully saturated rings. The molecule has 106 valence electrons. The van der Waals surface area contributed by atoms with Gasteiger partial charge in [-0.15, -0.1) is 0 Å². The predicted octanol–water partition coefficient (Wildman–Crippen LogP) is 1.69. The van der Waals surface area contributed by atoms with Gasteiger partial charge in [0.1, 0.15) is 5.75 Å². The van der Waals surface area contributed by atoms with Crippen molar-refractivity contribution in [3.8, 4) is 5.75 Å². The minimum absolute atomic E-state index is 0.0811. The van der Waals surface area contributed by atoms with E-state index in [9.17, 15) is 13.2 Å². The highest BCUT2D eigenvalue weighted by molar-refractivity contribution is 7.90. The van der Waals surface area contributed by atoms with Gasteiger partial charge in [0.2, 0.25) is 5.78 Å². The fourth-order valence-electron chi connectivity index (χ4n) is 1.68. The number of ether oxygens (including phenoxy) is 1. The smallest absolute Gasteiger partial charge is 0.201 e. The van der Waals surface area contributed by atoms with Gasteiger partial charge in [0.05, 0.1) is 4.90 Å². The van der Waals surface area contributed by atoms with E-state index in [1.807, 2.05) is 7.05 Å². The molecule has 0 aliphatic heterocycles. The maximum atomic E-state index is 11.8. The molecule has 0 aliphatic rings. The van der Waals surface area contributed by atoms with E-state index in [-0.39, 0.29) is 17.3 Å². The number of nitrogens with zero attached hydrogens (tertiary/aromatic N) is 1. The zero-order valence-electron chi connectivity index (χ0n) is 11.2. The number of Topliss-reactive ketones (excluding diaryl/α,β-unsaturated/α-hetero) is 1. The van der Waals surface area contributed by atoms with Crippen LogP contribution < -0.4 is 4.74 Å². The van der Waals surface area contributed by atoms with Crippen LogP contribution in [0.15, 0.2) is 47.6 Å². The van der Waals surface area contributed by atoms with Gasteiger partial charge in [-0.2, -0.15) is 0 Å². The molecular formula is C14H15NO4S. The number of benzene rings is 1. The summed E-state index contributed by atoms with van der Waals surface area (Å²) in [5, 5.41) is 0. The Morgan fingerprint density at radius 2 is 1.85 bits per heavy atom. The first-order valence-electron chi connectivity index (χ1n) is 5.94. The Labute approximate surface area is 117 Å². The average molecular weight is 293 g/mol. The Morgan fingerprint density at radius 1 is 1.20 bits per heavy atom. The fourth-order valence-corrected chi connectivity index (χ4v) is 2.31. The molecule has 1 heterocycles. The number of ketones is 1. The van der Waals surface area contributed by atoms with E-state index in [1.165, 1.54) is 24.3 Å². The predicted molar refractivity (Wildman–Crippen MR) is 74.8 cm³/mol. The van der Waals surface area contributed by atoms with Crippen LogP contribution in [0, 0.1) is 0 Å². The molecule has 0 aliphatic carbocycles. The maximum absolute atomic E-state index is 11.8. The van der Waals surface area contributed by atoms with Crippen molar-refractivity contribution in [2.75, 3.05) is 12.9 Å². The van der Waals surface area contributed by atoms with Crippen LogP contribution >= 0.6 is 0 Å². The number of rotatable bonds is 5. The molecule has 2 aromatic rings. The van der Waals surface area contributed by atoms with Crippen LogP contribution in [0.5, 0.6) is 5.75 Å². The van der Waals surface area contributed by atoms with E-state index >= 15 is 0 Å². The van der Waals surface area contributed by atoms with Crippen LogP contribution in [0.4, 0.5) is 0 Å². The van der Waals surface area contributed by atoms with Crippen LogP contribution in [0.1, 0.15) is 10.4 Å². The highest BCUT2D eigenvalue weighted by Crippen LogP contribution is 2.16. The first-order valence-corrected chi connectivity index (χ1v) is 7.83. The largest absolute Gasteiger partial charge is 0.485 e. The Hall–Kier alpha value is -2.08. The SMILES string of the molecule is Cn1ccc(C(=O)COc2ccc(S(C)(=O)=O)cc2)c1. The molecule has 1 aromatic carbocycles. The van der Waals surface area contributed by atoms with Gasteiger partial charge in [-0.25, -0.2) is 8.42 Å². The van der Waals surface area contributed by atoms with Gasteiger partial charge in [0.25, 0.3) is 0 Å². The molecule has 0 spiro atoms. The van der Waals surface area contributed by atoms with Gasteiger partial charge < -0.3 is 9.30 Å². The van der Waals surface area contributed by atoms with Crippen LogP contribution in [0.3, 0.4) is 0 Å². The lowest BCUT2D eigenvalue weighted by molar-refractivity contribution is 0.0921. The minimum Gasteiger partial charge on any atom is -0.485 e. The van der Waals surface area contributed by atoms with E-state index < -0.39 is 9.84 Å². The maximum Gasteiger partial charge on any atom is 0.201 e. The van der Waals surface area contributed by atoms with Crippen molar-refractivity contribution in [1.82, 2.24) is 4.57 Å². The van der Waals surface area contributed by atoms with Crippen molar-refractivity contribution >= 4 is 15.6 Å². The first kappa shape index (κ1) is 14.3. The summed E-state index contributed by atoms with van der Waals surface area (Å²) in [4.78, 5) is 12.0. The molecular weight excluding hydrogens is 278 g/mol. The second-order valence-electron chi connectivity index (χ2n) is 4.52. The molecule has 0 radical (unpaired) electrons. The van der Waals surface area contributed by atoms with E-state index in [1.54, 1.807) is 23.0 Å². The summed E-state index contributed by atoms with van der Waals surface area (Å²) in [6, 6.07) is 7.71. The van der Waals surface area contributed by atoms with E-state index in [0.29, 0.717) is 11.3 Å². The molecule has 0 bridgehead atoms. The van der Waals surface area contributed by atoms with Crippen molar-refractivity contribution in [1.29, 1.82) is 0 Å². The zero-order chi connectivity index (χ0) is 14.8. The van der Waals surface area contributed by atoms with Crippen molar-refractivity contribution in [2.24, 2.45) is 7.05 Å². The summed E-state index contributed by atoms with van der Waals surface area (Å²) in [7, 11) is -1.38. The number of aromatic nitrogens is 1. The molecule has 0 unspecified atom stereocenters. The van der Waals surface area contributed by atoms with Crippen LogP contribution in [-0.4, -0.2) is 31.6 Å². The Bertz CT molecular complexity index is 714. The van der Waals surface area contributed by atoms with Crippen molar-refractivity contribution in [3.63, 3.8) is 0 Å². The van der Waals surface area contributed by atoms with E-state index in [4.69, 9.17) is 4.74 Å². The summed E-state index contributed by atoms with van der Waals surface area (Å²) < 4.78 is 29.7. The van der Waals surface area contributed by atoms with E-state index in [0.717, 1.165) is 6.26 Å². The molecule has 2 rings (SSSR count). The number of carbonyl (C=O) groups excluding carboxylic acids is 1. The quantitative estimate of drug-likeness (QED) is 0.787. The van der Waals surface area contributed by atoms with Gasteiger partial charge in [0.15, 0.2) is 16.4 Å². The third-order valence-corrected chi connectivity index (χ3v) is 3.90. The average Bonchev–Trinajstić information content (AvgIpc) is 2.82. The fraction of sp³-hybridized carbons (Fsp3) is 0.214. The first-order chi connectivity index (χ1) is 9.36.